The van der Waals surface area contributed by atoms with Crippen molar-refractivity contribution >= 4 is 18.4 Å². The number of aryl methyl sites for hydroxylation is 1. The smallest absolute Gasteiger partial charge is 0.331 e. The monoisotopic (exact) mass is 457 g/mol. The minimum Gasteiger partial charge on any atom is -0.468 e. The fraction of sp³-hybridized carbons (Fsp3) is 0.556. The van der Waals surface area contributed by atoms with E-state index in [-0.39, 0.29) is 22.1 Å². The van der Waals surface area contributed by atoms with Crippen LogP contribution in [0.25, 0.3) is 0 Å². The molecule has 0 aliphatic carbocycles. The molecule has 0 radical (unpaired) electrons. The summed E-state index contributed by atoms with van der Waals surface area (Å²) in [4.78, 5) is 26.6. The molecule has 2 aliphatic rings. The molecule has 10 nitrogen and oxygen atoms in total. The van der Waals surface area contributed by atoms with Crippen LogP contribution in [0.4, 0.5) is 0 Å². The first-order valence-electron chi connectivity index (χ1n) is 9.31. The number of rotatable bonds is 3. The normalized spacial score (nSPS) is 28.6. The maximum Gasteiger partial charge on any atom is 0.331 e. The third-order valence-corrected chi connectivity index (χ3v) is 11.4. The maximum atomic E-state index is 12.6. The molecular weight excluding hydrogens is 430 g/mol. The largest absolute Gasteiger partial charge is 0.468 e. The van der Waals surface area contributed by atoms with E-state index in [1.807, 2.05) is 33.9 Å². The lowest BCUT2D eigenvalue weighted by Crippen LogP contribution is -2.55. The highest BCUT2D eigenvalue weighted by Gasteiger charge is 2.65. The molecule has 0 saturated carbocycles. The third kappa shape index (κ3) is 3.37. The quantitative estimate of drug-likeness (QED) is 0.509. The number of nitrogens with zero attached hydrogens (tertiary/aromatic N) is 1. The Balaban J connectivity index is 2.23. The fourth-order valence-corrected chi connectivity index (χ4v) is 5.64. The number of H-pyrrole nitrogens is 1. The van der Waals surface area contributed by atoms with Crippen molar-refractivity contribution in [2.45, 2.75) is 63.8 Å². The SMILES string of the molecule is C=C1O[C@@H](n2cc(C)c(=O)[nH]c2=O)[C@H](O[Si](C)(C)C(C)(C)C)[C@]12OS(=O)(=O)C=C2N. The lowest BCUT2D eigenvalue weighted by atomic mass is 9.93. The summed E-state index contributed by atoms with van der Waals surface area (Å²) in [6, 6.07) is 0. The standard InChI is InChI=1S/C18H27N3O7SSi/c1-10-8-21(16(23)20-14(10)22)15-13(27-30(6,7)17(3,4)5)18(11(2)26-15)12(19)9-29(24,25)28-18/h8-9,13,15H,2,19H2,1,3-7H3,(H,20,22,23)/t13-,15+,18-/m0/s1. The molecule has 1 aromatic heterocycles. The van der Waals surface area contributed by atoms with Crippen molar-refractivity contribution in [3.05, 3.63) is 56.0 Å². The number of hydrogen-bond acceptors (Lipinski definition) is 8. The van der Waals surface area contributed by atoms with E-state index in [1.54, 1.807) is 0 Å². The minimum absolute atomic E-state index is 0.0956. The van der Waals surface area contributed by atoms with Gasteiger partial charge < -0.3 is 14.9 Å². The van der Waals surface area contributed by atoms with Gasteiger partial charge in [0.2, 0.25) is 11.8 Å². The Morgan fingerprint density at radius 3 is 2.43 bits per heavy atom. The summed E-state index contributed by atoms with van der Waals surface area (Å²) in [5.41, 5.74) is 3.12. The van der Waals surface area contributed by atoms with Gasteiger partial charge in [-0.25, -0.2) is 8.98 Å². The molecule has 1 spiro atoms. The molecule has 1 saturated heterocycles. The van der Waals surface area contributed by atoms with E-state index in [0.29, 0.717) is 0 Å². The summed E-state index contributed by atoms with van der Waals surface area (Å²) in [6.45, 7) is 15.3. The molecule has 0 unspecified atom stereocenters. The summed E-state index contributed by atoms with van der Waals surface area (Å²) in [7, 11) is -6.66. The second kappa shape index (κ2) is 6.67. The first kappa shape index (κ1) is 22.5. The van der Waals surface area contributed by atoms with Gasteiger partial charge in [0.15, 0.2) is 8.32 Å². The van der Waals surface area contributed by atoms with Crippen molar-refractivity contribution < 1.29 is 21.8 Å². The first-order valence-corrected chi connectivity index (χ1v) is 13.7. The topological polar surface area (TPSA) is 143 Å². The van der Waals surface area contributed by atoms with Gasteiger partial charge in [-0.15, -0.1) is 0 Å². The highest BCUT2D eigenvalue weighted by atomic mass is 32.2. The van der Waals surface area contributed by atoms with E-state index >= 15 is 0 Å². The summed E-state index contributed by atoms with van der Waals surface area (Å²) < 4.78 is 43.3. The van der Waals surface area contributed by atoms with E-state index in [4.69, 9.17) is 19.1 Å². The van der Waals surface area contributed by atoms with Crippen LogP contribution in [0.2, 0.25) is 18.1 Å². The van der Waals surface area contributed by atoms with E-state index in [0.717, 1.165) is 9.98 Å². The van der Waals surface area contributed by atoms with Crippen molar-refractivity contribution in [1.82, 2.24) is 9.55 Å². The Labute approximate surface area is 175 Å². The summed E-state index contributed by atoms with van der Waals surface area (Å²) >= 11 is 0. The van der Waals surface area contributed by atoms with E-state index in [2.05, 4.69) is 11.6 Å². The zero-order valence-corrected chi connectivity index (χ0v) is 19.6. The molecule has 12 heteroatoms. The van der Waals surface area contributed by atoms with Crippen LogP contribution >= 0.6 is 0 Å². The van der Waals surface area contributed by atoms with Gasteiger partial charge in [0.05, 0.1) is 11.1 Å². The highest BCUT2D eigenvalue weighted by molar-refractivity contribution is 7.90. The summed E-state index contributed by atoms with van der Waals surface area (Å²) in [6.07, 6.45) is -0.971. The van der Waals surface area contributed by atoms with Crippen LogP contribution in [0.5, 0.6) is 0 Å². The predicted molar refractivity (Wildman–Crippen MR) is 112 cm³/mol. The van der Waals surface area contributed by atoms with Crippen LogP contribution in [0.1, 0.15) is 32.6 Å². The number of aromatic amines is 1. The molecule has 0 bridgehead atoms. The number of ether oxygens (including phenoxy) is 1. The number of aromatic nitrogens is 2. The highest BCUT2D eigenvalue weighted by Crippen LogP contribution is 2.52. The average molecular weight is 458 g/mol. The Hall–Kier alpha value is -2.15. The van der Waals surface area contributed by atoms with E-state index in [1.165, 1.54) is 13.1 Å². The van der Waals surface area contributed by atoms with Crippen LogP contribution in [-0.2, 0) is 23.5 Å². The van der Waals surface area contributed by atoms with Gasteiger partial charge in [0, 0.05) is 11.8 Å². The molecule has 166 valence electrons. The lowest BCUT2D eigenvalue weighted by molar-refractivity contribution is -0.0215. The van der Waals surface area contributed by atoms with Crippen molar-refractivity contribution in [3.8, 4) is 0 Å². The van der Waals surface area contributed by atoms with Gasteiger partial charge in [0.25, 0.3) is 15.7 Å². The number of nitrogens with two attached hydrogens (primary N) is 1. The second-order valence-electron chi connectivity index (χ2n) is 9.09. The molecule has 3 rings (SSSR count). The van der Waals surface area contributed by atoms with Crippen molar-refractivity contribution in [2.24, 2.45) is 5.73 Å². The van der Waals surface area contributed by atoms with Gasteiger partial charge in [-0.3, -0.25) is 14.3 Å². The Kier molecular flexibility index (Phi) is 5.01. The molecule has 2 aliphatic heterocycles. The molecular formula is C18H27N3O7SSi. The molecule has 3 heterocycles. The molecule has 0 amide bonds. The second-order valence-corrected chi connectivity index (χ2v) is 15.2. The lowest BCUT2D eigenvalue weighted by Gasteiger charge is -2.42. The zero-order valence-electron chi connectivity index (χ0n) is 17.8. The van der Waals surface area contributed by atoms with E-state index in [9.17, 15) is 18.0 Å². The van der Waals surface area contributed by atoms with Crippen LogP contribution in [0.15, 0.2) is 39.2 Å². The molecule has 3 atom stereocenters. The fourth-order valence-electron chi connectivity index (χ4n) is 3.19. The zero-order chi connectivity index (χ0) is 22.9. The van der Waals surface area contributed by atoms with Crippen LogP contribution in [0, 0.1) is 6.92 Å². The first-order chi connectivity index (χ1) is 13.5. The number of hydrogen-bond donors (Lipinski definition) is 2. The third-order valence-electron chi connectivity index (χ3n) is 5.93. The summed E-state index contributed by atoms with van der Waals surface area (Å²) in [5, 5.41) is 0.539. The van der Waals surface area contributed by atoms with Crippen molar-refractivity contribution in [3.63, 3.8) is 0 Å². The number of nitrogens with one attached hydrogen (secondary N) is 1. The minimum atomic E-state index is -4.11. The van der Waals surface area contributed by atoms with Gasteiger partial charge in [-0.05, 0) is 25.1 Å². The average Bonchev–Trinajstić information content (AvgIpc) is 2.97. The van der Waals surface area contributed by atoms with Gasteiger partial charge >= 0.3 is 5.69 Å². The Morgan fingerprint density at radius 2 is 1.93 bits per heavy atom. The van der Waals surface area contributed by atoms with Crippen LogP contribution in [0.3, 0.4) is 0 Å². The van der Waals surface area contributed by atoms with E-state index < -0.39 is 47.6 Å². The van der Waals surface area contributed by atoms with Gasteiger partial charge in [-0.2, -0.15) is 8.42 Å². The summed E-state index contributed by atoms with van der Waals surface area (Å²) in [5.74, 6) is -0.0956. The van der Waals surface area contributed by atoms with Gasteiger partial charge in [0.1, 0.15) is 11.9 Å². The Bertz CT molecular complexity index is 1160. The Morgan fingerprint density at radius 1 is 1.33 bits per heavy atom. The van der Waals surface area contributed by atoms with Crippen LogP contribution in [-0.4, -0.2) is 38.0 Å². The molecule has 0 aromatic carbocycles. The van der Waals surface area contributed by atoms with Gasteiger partial charge in [-0.1, -0.05) is 27.4 Å². The molecule has 1 aromatic rings. The van der Waals surface area contributed by atoms with Crippen molar-refractivity contribution in [1.29, 1.82) is 0 Å². The van der Waals surface area contributed by atoms with Crippen LogP contribution < -0.4 is 17.0 Å². The molecule has 30 heavy (non-hydrogen) atoms. The predicted octanol–water partition coefficient (Wildman–Crippen LogP) is 1.18. The maximum absolute atomic E-state index is 12.6. The molecule has 1 fully saturated rings. The van der Waals surface area contributed by atoms with Crippen molar-refractivity contribution in [2.75, 3.05) is 0 Å². The molecule has 3 N–H and O–H groups in total.